The van der Waals surface area contributed by atoms with Gasteiger partial charge in [-0.15, -0.1) is 5.92 Å². The number of hydrogen-bond donors (Lipinski definition) is 1. The Morgan fingerprint density at radius 2 is 1.38 bits per heavy atom. The molecule has 0 fully saturated rings. The number of benzene rings is 3. The Kier molecular flexibility index (Phi) is 20.8. The first kappa shape index (κ1) is 41.4. The molecule has 0 amide bonds. The molecular formula is C39H51NaO5S2. The van der Waals surface area contributed by atoms with Crippen LogP contribution in [0.1, 0.15) is 122 Å². The Labute approximate surface area is 310 Å². The van der Waals surface area contributed by atoms with Crippen molar-refractivity contribution in [2.45, 2.75) is 131 Å². The minimum atomic E-state index is -4.77. The van der Waals surface area contributed by atoms with Crippen molar-refractivity contribution in [3.63, 3.8) is 0 Å². The molecule has 8 heteroatoms. The van der Waals surface area contributed by atoms with Gasteiger partial charge in [-0.25, -0.2) is 8.42 Å². The van der Waals surface area contributed by atoms with Crippen LogP contribution in [0.2, 0.25) is 0 Å². The van der Waals surface area contributed by atoms with Crippen molar-refractivity contribution in [1.29, 1.82) is 0 Å². The van der Waals surface area contributed by atoms with Gasteiger partial charge < -0.3 is 14.4 Å². The van der Waals surface area contributed by atoms with Crippen LogP contribution in [0.5, 0.6) is 5.75 Å². The second-order valence-electron chi connectivity index (χ2n) is 11.8. The van der Waals surface area contributed by atoms with E-state index in [1.807, 2.05) is 42.5 Å². The molecule has 0 saturated heterocycles. The van der Waals surface area contributed by atoms with Gasteiger partial charge in [0.05, 0.1) is 11.5 Å². The second kappa shape index (κ2) is 23.6. The van der Waals surface area contributed by atoms with Gasteiger partial charge in [-0.3, -0.25) is 0 Å². The van der Waals surface area contributed by atoms with Crippen molar-refractivity contribution in [3.8, 4) is 28.7 Å². The molecule has 5 nitrogen and oxygen atoms in total. The summed E-state index contributed by atoms with van der Waals surface area (Å²) in [6.07, 6.45) is 16.7. The third kappa shape index (κ3) is 15.6. The Bertz CT molecular complexity index is 1480. The molecule has 0 aliphatic heterocycles. The van der Waals surface area contributed by atoms with Crippen LogP contribution in [0.3, 0.4) is 0 Å². The van der Waals surface area contributed by atoms with Gasteiger partial charge in [-0.2, -0.15) is 0 Å². The molecule has 250 valence electrons. The summed E-state index contributed by atoms with van der Waals surface area (Å²) < 4.78 is 43.0. The number of hydrogen-bond acceptors (Lipinski definition) is 6. The van der Waals surface area contributed by atoms with E-state index in [0.29, 0.717) is 28.2 Å². The van der Waals surface area contributed by atoms with Crippen LogP contribution in [0.4, 0.5) is 0 Å². The summed E-state index contributed by atoms with van der Waals surface area (Å²) in [7, 11) is -4.77. The van der Waals surface area contributed by atoms with Crippen LogP contribution in [-0.2, 0) is 10.1 Å². The summed E-state index contributed by atoms with van der Waals surface area (Å²) >= 11 is 1.22. The number of aliphatic hydroxyl groups excluding tert-OH is 1. The van der Waals surface area contributed by atoms with E-state index in [1.165, 1.54) is 82.0 Å². The summed E-state index contributed by atoms with van der Waals surface area (Å²) in [5.74, 6) is 6.84. The molecule has 47 heavy (non-hydrogen) atoms. The Morgan fingerprint density at radius 1 is 0.787 bits per heavy atom. The van der Waals surface area contributed by atoms with Crippen LogP contribution in [-0.4, -0.2) is 24.7 Å². The molecule has 0 heterocycles. The molecule has 0 bridgehead atoms. The normalized spacial score (nSPS) is 11.7. The predicted octanol–water partition coefficient (Wildman–Crippen LogP) is 7.72. The molecule has 0 spiro atoms. The fraction of sp³-hybridized carbons (Fsp3) is 0.487. The van der Waals surface area contributed by atoms with Gasteiger partial charge in [0.15, 0.2) is 0 Å². The maximum atomic E-state index is 12.4. The summed E-state index contributed by atoms with van der Waals surface area (Å²) in [5, 5.41) is 10.9. The molecule has 0 saturated carbocycles. The van der Waals surface area contributed by atoms with Crippen LogP contribution in [0, 0.1) is 11.8 Å². The molecule has 0 aromatic heterocycles. The van der Waals surface area contributed by atoms with Crippen molar-refractivity contribution in [2.24, 2.45) is 0 Å². The Balaban J connectivity index is 0.00000768. The largest absolute Gasteiger partial charge is 1.00 e. The van der Waals surface area contributed by atoms with Crippen LogP contribution >= 0.6 is 11.8 Å². The zero-order valence-electron chi connectivity index (χ0n) is 28.6. The molecule has 1 unspecified atom stereocenters. The maximum absolute atomic E-state index is 12.4. The van der Waals surface area contributed by atoms with Gasteiger partial charge in [0.25, 0.3) is 0 Å². The standard InChI is InChI=1S/C39H52O5S2.Na/c1-3-5-7-9-11-12-13-14-15-17-23-37(40)36-22-19-18-21-35(36)32-24-29-38(39(31-32)46(41,42)43)45-34-27-25-33(26-28-34)44-30-20-16-10-8-6-4-2;/h18-19,21-22,24-29,31,37,40H,3-16,20,30H2,1-2H3,(H,41,42,43);/q;+1/p-1. The van der Waals surface area contributed by atoms with Gasteiger partial charge in [-0.05, 0) is 60.4 Å². The molecule has 0 aliphatic rings. The van der Waals surface area contributed by atoms with Crippen molar-refractivity contribution >= 4 is 21.9 Å². The van der Waals surface area contributed by atoms with E-state index in [1.54, 1.807) is 18.2 Å². The molecule has 0 radical (unpaired) electrons. The average Bonchev–Trinajstić information content (AvgIpc) is 3.05. The summed E-state index contributed by atoms with van der Waals surface area (Å²) in [5.41, 5.74) is 1.76. The van der Waals surface area contributed by atoms with E-state index >= 15 is 0 Å². The van der Waals surface area contributed by atoms with Crippen molar-refractivity contribution in [2.75, 3.05) is 6.61 Å². The molecule has 3 aromatic carbocycles. The maximum Gasteiger partial charge on any atom is 1.00 e. The van der Waals surface area contributed by atoms with Crippen LogP contribution in [0.25, 0.3) is 11.1 Å². The quantitative estimate of drug-likeness (QED) is 0.0535. The summed E-state index contributed by atoms with van der Waals surface area (Å²) in [6, 6.07) is 19.6. The predicted molar refractivity (Wildman–Crippen MR) is 189 cm³/mol. The fourth-order valence-electron chi connectivity index (χ4n) is 5.35. The number of rotatable bonds is 21. The van der Waals surface area contributed by atoms with E-state index < -0.39 is 16.2 Å². The van der Waals surface area contributed by atoms with Gasteiger partial charge in [0, 0.05) is 21.8 Å². The fourth-order valence-corrected chi connectivity index (χ4v) is 7.19. The van der Waals surface area contributed by atoms with Crippen molar-refractivity contribution in [1.82, 2.24) is 0 Å². The zero-order chi connectivity index (χ0) is 33.0. The minimum Gasteiger partial charge on any atom is -0.744 e. The molecule has 3 rings (SSSR count). The van der Waals surface area contributed by atoms with E-state index in [0.717, 1.165) is 42.7 Å². The van der Waals surface area contributed by atoms with E-state index in [2.05, 4.69) is 25.7 Å². The number of ether oxygens (including phenoxy) is 1. The third-order valence-corrected chi connectivity index (χ3v) is 10.1. The van der Waals surface area contributed by atoms with E-state index in [9.17, 15) is 18.1 Å². The molecule has 1 N–H and O–H groups in total. The third-order valence-electron chi connectivity index (χ3n) is 7.99. The van der Waals surface area contributed by atoms with Crippen molar-refractivity contribution in [3.05, 3.63) is 72.3 Å². The summed E-state index contributed by atoms with van der Waals surface area (Å²) in [4.78, 5) is 0.860. The topological polar surface area (TPSA) is 86.7 Å². The van der Waals surface area contributed by atoms with Gasteiger partial charge >= 0.3 is 29.6 Å². The number of aliphatic hydroxyl groups is 1. The zero-order valence-corrected chi connectivity index (χ0v) is 32.3. The molecule has 0 aliphatic carbocycles. The first-order valence-electron chi connectivity index (χ1n) is 17.1. The first-order valence-corrected chi connectivity index (χ1v) is 19.3. The molecule has 3 aromatic rings. The Morgan fingerprint density at radius 3 is 2.02 bits per heavy atom. The van der Waals surface area contributed by atoms with Crippen molar-refractivity contribution < 1.29 is 52.4 Å². The molecule has 1 atom stereocenters. The van der Waals surface area contributed by atoms with Crippen LogP contribution in [0.15, 0.2) is 81.4 Å². The second-order valence-corrected chi connectivity index (χ2v) is 14.3. The first-order chi connectivity index (χ1) is 22.3. The summed E-state index contributed by atoms with van der Waals surface area (Å²) in [6.45, 7) is 5.10. The minimum absolute atomic E-state index is 0. The van der Waals surface area contributed by atoms with Gasteiger partial charge in [0.1, 0.15) is 22.0 Å². The SMILES string of the molecule is CCCCCCCCCCC#CC(O)c1ccccc1-c1ccc(Sc2ccc(OCCCCCCCC)cc2)c(S(=O)(=O)[O-])c1.[Na+]. The van der Waals surface area contributed by atoms with Gasteiger partial charge in [0.2, 0.25) is 0 Å². The average molecular weight is 687 g/mol. The molecular weight excluding hydrogens is 636 g/mol. The van der Waals surface area contributed by atoms with E-state index in [4.69, 9.17) is 4.74 Å². The van der Waals surface area contributed by atoms with Gasteiger partial charge in [-0.1, -0.05) is 139 Å². The smallest absolute Gasteiger partial charge is 0.744 e. The Hall–Kier alpha value is -1.76. The van der Waals surface area contributed by atoms with E-state index in [-0.39, 0.29) is 34.5 Å². The monoisotopic (exact) mass is 686 g/mol. The van der Waals surface area contributed by atoms with Crippen LogP contribution < -0.4 is 34.3 Å². The number of unbranched alkanes of at least 4 members (excludes halogenated alkanes) is 13.